The summed E-state index contributed by atoms with van der Waals surface area (Å²) in [5, 5.41) is 6.33. The minimum absolute atomic E-state index is 0.0820. The van der Waals surface area contributed by atoms with E-state index < -0.39 is 0 Å². The molecule has 0 atom stereocenters. The largest absolute Gasteiger partial charge is 0.383 e. The molecule has 1 amide bonds. The Balaban J connectivity index is 2.58. The first-order valence-electron chi connectivity index (χ1n) is 4.62. The topological polar surface area (TPSA) is 58.2 Å². The highest BCUT2D eigenvalue weighted by atomic mass is 35.5. The van der Waals surface area contributed by atoms with Crippen LogP contribution in [0, 0.1) is 0 Å². The van der Waals surface area contributed by atoms with E-state index in [2.05, 4.69) is 10.2 Å². The van der Waals surface area contributed by atoms with Gasteiger partial charge >= 0.3 is 0 Å². The number of carbonyl (C=O) groups is 1. The van der Waals surface area contributed by atoms with Crippen LogP contribution in [0.15, 0.2) is 12.4 Å². The molecule has 0 bridgehead atoms. The van der Waals surface area contributed by atoms with E-state index in [1.54, 1.807) is 18.2 Å². The van der Waals surface area contributed by atoms with Crippen molar-refractivity contribution in [3.8, 4) is 0 Å². The number of H-pyrrole nitrogens is 1. The lowest BCUT2D eigenvalue weighted by Gasteiger charge is -2.20. The summed E-state index contributed by atoms with van der Waals surface area (Å²) in [6.45, 7) is 1.54. The average Bonchev–Trinajstić information content (AvgIpc) is 2.76. The van der Waals surface area contributed by atoms with E-state index in [0.29, 0.717) is 31.1 Å². The molecule has 0 aliphatic rings. The zero-order valence-electron chi connectivity index (χ0n) is 8.57. The van der Waals surface area contributed by atoms with Crippen LogP contribution in [0.2, 0.25) is 0 Å². The van der Waals surface area contributed by atoms with Gasteiger partial charge in [0.05, 0.1) is 18.4 Å². The summed E-state index contributed by atoms with van der Waals surface area (Å²) in [5.41, 5.74) is 0.538. The van der Waals surface area contributed by atoms with Gasteiger partial charge < -0.3 is 9.64 Å². The van der Waals surface area contributed by atoms with Crippen LogP contribution in [0.4, 0.5) is 0 Å². The highest BCUT2D eigenvalue weighted by Gasteiger charge is 2.15. The van der Waals surface area contributed by atoms with Crippen molar-refractivity contribution < 1.29 is 9.53 Å². The Morgan fingerprint density at radius 1 is 1.67 bits per heavy atom. The first-order valence-corrected chi connectivity index (χ1v) is 5.16. The summed E-state index contributed by atoms with van der Waals surface area (Å²) in [5.74, 6) is 0.328. The van der Waals surface area contributed by atoms with Crippen LogP contribution < -0.4 is 0 Å². The van der Waals surface area contributed by atoms with Gasteiger partial charge in [-0.05, 0) is 0 Å². The molecule has 0 aliphatic carbocycles. The molecular weight excluding hydrogens is 218 g/mol. The maximum atomic E-state index is 11.9. The molecule has 15 heavy (non-hydrogen) atoms. The third-order valence-electron chi connectivity index (χ3n) is 1.95. The van der Waals surface area contributed by atoms with Gasteiger partial charge in [0, 0.05) is 32.3 Å². The van der Waals surface area contributed by atoms with Gasteiger partial charge in [0.1, 0.15) is 0 Å². The molecule has 0 aromatic carbocycles. The normalized spacial score (nSPS) is 10.3. The number of rotatable bonds is 6. The first-order chi connectivity index (χ1) is 7.29. The van der Waals surface area contributed by atoms with Gasteiger partial charge in [0.25, 0.3) is 5.91 Å². The third kappa shape index (κ3) is 3.53. The highest BCUT2D eigenvalue weighted by Crippen LogP contribution is 2.02. The Morgan fingerprint density at radius 2 is 2.47 bits per heavy atom. The molecule has 0 aliphatic heterocycles. The number of alkyl halides is 1. The van der Waals surface area contributed by atoms with Crippen molar-refractivity contribution in [3.05, 3.63) is 18.0 Å². The third-order valence-corrected chi connectivity index (χ3v) is 2.12. The number of nitrogens with zero attached hydrogens (tertiary/aromatic N) is 2. The summed E-state index contributed by atoms with van der Waals surface area (Å²) >= 11 is 5.62. The Labute approximate surface area is 93.4 Å². The summed E-state index contributed by atoms with van der Waals surface area (Å²) < 4.78 is 4.93. The van der Waals surface area contributed by atoms with E-state index in [1.165, 1.54) is 6.20 Å². The minimum Gasteiger partial charge on any atom is -0.383 e. The molecule has 1 N–H and O–H groups in total. The van der Waals surface area contributed by atoms with Crippen LogP contribution in [0.5, 0.6) is 0 Å². The summed E-state index contributed by atoms with van der Waals surface area (Å²) in [4.78, 5) is 13.5. The second-order valence-corrected chi connectivity index (χ2v) is 3.34. The predicted molar refractivity (Wildman–Crippen MR) is 57.1 cm³/mol. The zero-order chi connectivity index (χ0) is 11.1. The van der Waals surface area contributed by atoms with Gasteiger partial charge in [-0.1, -0.05) is 0 Å². The van der Waals surface area contributed by atoms with Gasteiger partial charge in [0.15, 0.2) is 0 Å². The van der Waals surface area contributed by atoms with Crippen molar-refractivity contribution in [3.63, 3.8) is 0 Å². The summed E-state index contributed by atoms with van der Waals surface area (Å²) in [7, 11) is 1.60. The van der Waals surface area contributed by atoms with Crippen molar-refractivity contribution in [1.29, 1.82) is 0 Å². The fourth-order valence-electron chi connectivity index (χ4n) is 1.17. The fraction of sp³-hybridized carbons (Fsp3) is 0.556. The van der Waals surface area contributed by atoms with Gasteiger partial charge in [-0.3, -0.25) is 9.89 Å². The standard InChI is InChI=1S/C9H14ClN3O2/c1-15-5-4-13(3-2-10)9(14)8-6-11-12-7-8/h6-7H,2-5H2,1H3,(H,11,12). The number of methoxy groups -OCH3 is 1. The van der Waals surface area contributed by atoms with E-state index in [9.17, 15) is 4.79 Å². The van der Waals surface area contributed by atoms with Gasteiger partial charge in [-0.2, -0.15) is 5.10 Å². The summed E-state index contributed by atoms with van der Waals surface area (Å²) in [6.07, 6.45) is 3.06. The molecule has 6 heteroatoms. The van der Waals surface area contributed by atoms with E-state index >= 15 is 0 Å². The first kappa shape index (κ1) is 12.0. The average molecular weight is 232 g/mol. The quantitative estimate of drug-likeness (QED) is 0.735. The number of aromatic nitrogens is 2. The minimum atomic E-state index is -0.0820. The molecule has 1 aromatic heterocycles. The van der Waals surface area contributed by atoms with Crippen LogP contribution in [0.25, 0.3) is 0 Å². The fourth-order valence-corrected chi connectivity index (χ4v) is 1.37. The number of halogens is 1. The Morgan fingerprint density at radius 3 is 3.00 bits per heavy atom. The monoisotopic (exact) mass is 231 g/mol. The van der Waals surface area contributed by atoms with Crippen molar-refractivity contribution in [2.75, 3.05) is 32.7 Å². The molecule has 0 spiro atoms. The number of amides is 1. The number of ether oxygens (including phenoxy) is 1. The predicted octanol–water partition coefficient (Wildman–Crippen LogP) is 0.737. The highest BCUT2D eigenvalue weighted by molar-refractivity contribution is 6.18. The van der Waals surface area contributed by atoms with Crippen molar-refractivity contribution >= 4 is 17.5 Å². The maximum absolute atomic E-state index is 11.9. The number of hydrogen-bond acceptors (Lipinski definition) is 3. The Hall–Kier alpha value is -1.07. The molecule has 1 rings (SSSR count). The molecular formula is C9H14ClN3O2. The summed E-state index contributed by atoms with van der Waals surface area (Å²) in [6, 6.07) is 0. The Bertz CT molecular complexity index is 290. The van der Waals surface area contributed by atoms with Gasteiger partial charge in [0.2, 0.25) is 0 Å². The van der Waals surface area contributed by atoms with E-state index in [-0.39, 0.29) is 5.91 Å². The van der Waals surface area contributed by atoms with E-state index in [0.717, 1.165) is 0 Å². The van der Waals surface area contributed by atoms with Crippen molar-refractivity contribution in [1.82, 2.24) is 15.1 Å². The van der Waals surface area contributed by atoms with Crippen LogP contribution >= 0.6 is 11.6 Å². The van der Waals surface area contributed by atoms with Crippen molar-refractivity contribution in [2.45, 2.75) is 0 Å². The van der Waals surface area contributed by atoms with Crippen LogP contribution in [0.1, 0.15) is 10.4 Å². The molecule has 5 nitrogen and oxygen atoms in total. The molecule has 0 unspecified atom stereocenters. The molecule has 84 valence electrons. The number of aromatic amines is 1. The maximum Gasteiger partial charge on any atom is 0.257 e. The molecule has 1 heterocycles. The SMILES string of the molecule is COCCN(CCCl)C(=O)c1cn[nH]c1. The lowest BCUT2D eigenvalue weighted by Crippen LogP contribution is -2.35. The lowest BCUT2D eigenvalue weighted by atomic mass is 10.3. The molecule has 0 fully saturated rings. The lowest BCUT2D eigenvalue weighted by molar-refractivity contribution is 0.0708. The van der Waals surface area contributed by atoms with Crippen LogP contribution in [-0.2, 0) is 4.74 Å². The zero-order valence-corrected chi connectivity index (χ0v) is 9.33. The number of hydrogen-bond donors (Lipinski definition) is 1. The van der Waals surface area contributed by atoms with Crippen LogP contribution in [0.3, 0.4) is 0 Å². The molecule has 1 aromatic rings. The van der Waals surface area contributed by atoms with Crippen LogP contribution in [-0.4, -0.2) is 53.7 Å². The number of carbonyl (C=O) groups excluding carboxylic acids is 1. The van der Waals surface area contributed by atoms with E-state index in [4.69, 9.17) is 16.3 Å². The second kappa shape index (κ2) is 6.42. The number of nitrogens with one attached hydrogen (secondary N) is 1. The van der Waals surface area contributed by atoms with Gasteiger partial charge in [-0.25, -0.2) is 0 Å². The smallest absolute Gasteiger partial charge is 0.257 e. The second-order valence-electron chi connectivity index (χ2n) is 2.96. The molecule has 0 saturated heterocycles. The van der Waals surface area contributed by atoms with E-state index in [1.807, 2.05) is 0 Å². The molecule has 0 saturated carbocycles. The molecule has 0 radical (unpaired) electrons. The van der Waals surface area contributed by atoms with Gasteiger partial charge in [-0.15, -0.1) is 11.6 Å². The Kier molecular flexibility index (Phi) is 5.14. The van der Waals surface area contributed by atoms with Crippen molar-refractivity contribution in [2.24, 2.45) is 0 Å².